The number of nitrogens with one attached hydrogen (secondary N) is 1. The van der Waals surface area contributed by atoms with Crippen molar-refractivity contribution < 1.29 is 14.4 Å². The minimum atomic E-state index is -0.908. The van der Waals surface area contributed by atoms with Crippen LogP contribution in [-0.2, 0) is 14.4 Å². The van der Waals surface area contributed by atoms with Gasteiger partial charge in [0.05, 0.1) is 12.0 Å². The second kappa shape index (κ2) is 4.10. The van der Waals surface area contributed by atoms with Gasteiger partial charge in [-0.2, -0.15) is 0 Å². The van der Waals surface area contributed by atoms with Gasteiger partial charge in [0, 0.05) is 0 Å². The van der Waals surface area contributed by atoms with Crippen LogP contribution in [0.25, 0.3) is 0 Å². The molecule has 1 fully saturated rings. The molecule has 0 aromatic carbocycles. The van der Waals surface area contributed by atoms with Crippen molar-refractivity contribution in [1.29, 1.82) is 0 Å². The fourth-order valence-electron chi connectivity index (χ4n) is 1.60. The molecule has 1 saturated heterocycles. The Bertz CT molecular complexity index is 312. The van der Waals surface area contributed by atoms with Crippen LogP contribution in [0.3, 0.4) is 0 Å². The van der Waals surface area contributed by atoms with Gasteiger partial charge in [-0.05, 0) is 5.92 Å². The number of hydrogen-bond acceptors (Lipinski definition) is 4. The molecule has 3 atom stereocenters. The third kappa shape index (κ3) is 2.07. The Balaban J connectivity index is 2.84. The third-order valence-corrected chi connectivity index (χ3v) is 2.80. The summed E-state index contributed by atoms with van der Waals surface area (Å²) in [6, 6.07) is -0.686. The lowest BCUT2D eigenvalue weighted by Crippen LogP contribution is -2.43. The maximum atomic E-state index is 11.8. The Kier molecular flexibility index (Phi) is 3.24. The lowest BCUT2D eigenvalue weighted by atomic mass is 9.85. The van der Waals surface area contributed by atoms with Crippen LogP contribution in [0.2, 0.25) is 0 Å². The zero-order valence-electron chi connectivity index (χ0n) is 9.11. The zero-order chi connectivity index (χ0) is 11.7. The largest absolute Gasteiger partial charge is 0.321 e. The molecule has 0 spiro atoms. The topological polar surface area (TPSA) is 89.3 Å². The number of hydrogen-bond donors (Lipinski definition) is 2. The molecule has 5 nitrogen and oxygen atoms in total. The van der Waals surface area contributed by atoms with Crippen molar-refractivity contribution in [2.75, 3.05) is 0 Å². The van der Waals surface area contributed by atoms with Crippen molar-refractivity contribution in [2.24, 2.45) is 23.5 Å². The van der Waals surface area contributed by atoms with Crippen LogP contribution >= 0.6 is 0 Å². The molecule has 1 aliphatic rings. The van der Waals surface area contributed by atoms with Crippen LogP contribution in [0.4, 0.5) is 0 Å². The molecule has 0 radical (unpaired) electrons. The Morgan fingerprint density at radius 3 is 2.20 bits per heavy atom. The average Bonchev–Trinajstić information content (AvgIpc) is 2.39. The van der Waals surface area contributed by atoms with Gasteiger partial charge in [-0.15, -0.1) is 0 Å². The fourth-order valence-corrected chi connectivity index (χ4v) is 1.60. The van der Waals surface area contributed by atoms with Gasteiger partial charge in [0.2, 0.25) is 11.8 Å². The molecule has 0 bridgehead atoms. The van der Waals surface area contributed by atoms with E-state index in [1.54, 1.807) is 6.92 Å². The van der Waals surface area contributed by atoms with Crippen molar-refractivity contribution in [3.05, 3.63) is 0 Å². The van der Waals surface area contributed by atoms with E-state index >= 15 is 0 Å². The SMILES string of the molecule is CC(C)[C@H](N)C(=O)[C@@H]1C(=O)NC(=O)[C@H]1C. The lowest BCUT2D eigenvalue weighted by molar-refractivity contribution is -0.134. The first-order chi connectivity index (χ1) is 6.86. The number of carbonyl (C=O) groups excluding carboxylic acids is 3. The highest BCUT2D eigenvalue weighted by Crippen LogP contribution is 2.22. The Morgan fingerprint density at radius 2 is 1.87 bits per heavy atom. The predicted molar refractivity (Wildman–Crippen MR) is 53.6 cm³/mol. The highest BCUT2D eigenvalue weighted by Gasteiger charge is 2.44. The molecular formula is C10H16N2O3. The summed E-state index contributed by atoms with van der Waals surface area (Å²) in [7, 11) is 0. The Morgan fingerprint density at radius 1 is 1.33 bits per heavy atom. The van der Waals surface area contributed by atoms with Crippen LogP contribution in [0.1, 0.15) is 20.8 Å². The molecule has 5 heteroatoms. The van der Waals surface area contributed by atoms with Crippen molar-refractivity contribution in [2.45, 2.75) is 26.8 Å². The molecule has 0 aliphatic carbocycles. The smallest absolute Gasteiger partial charge is 0.238 e. The average molecular weight is 212 g/mol. The summed E-state index contributed by atoms with van der Waals surface area (Å²) in [5.74, 6) is -2.80. The number of rotatable bonds is 3. The number of amides is 2. The zero-order valence-corrected chi connectivity index (χ0v) is 9.11. The number of nitrogens with two attached hydrogens (primary N) is 1. The normalized spacial score (nSPS) is 28.1. The first kappa shape index (κ1) is 11.8. The highest BCUT2D eigenvalue weighted by molar-refractivity contribution is 6.16. The summed E-state index contributed by atoms with van der Waals surface area (Å²) < 4.78 is 0. The molecule has 84 valence electrons. The van der Waals surface area contributed by atoms with Gasteiger partial charge >= 0.3 is 0 Å². The monoisotopic (exact) mass is 212 g/mol. The van der Waals surface area contributed by atoms with Crippen molar-refractivity contribution in [3.63, 3.8) is 0 Å². The first-order valence-corrected chi connectivity index (χ1v) is 5.00. The van der Waals surface area contributed by atoms with Gasteiger partial charge in [-0.25, -0.2) is 0 Å². The molecule has 0 aromatic rings. The maximum absolute atomic E-state index is 11.8. The summed E-state index contributed by atoms with van der Waals surface area (Å²) >= 11 is 0. The Labute approximate surface area is 88.4 Å². The van der Waals surface area contributed by atoms with Gasteiger partial charge in [-0.1, -0.05) is 20.8 Å². The van der Waals surface area contributed by atoms with Crippen molar-refractivity contribution in [1.82, 2.24) is 5.32 Å². The van der Waals surface area contributed by atoms with Crippen LogP contribution in [0.15, 0.2) is 0 Å². The molecule has 2 amide bonds. The lowest BCUT2D eigenvalue weighted by Gasteiger charge is -2.18. The van der Waals surface area contributed by atoms with Gasteiger partial charge < -0.3 is 5.73 Å². The van der Waals surface area contributed by atoms with Crippen LogP contribution in [0, 0.1) is 17.8 Å². The molecule has 0 aromatic heterocycles. The van der Waals surface area contributed by atoms with E-state index in [9.17, 15) is 14.4 Å². The number of Topliss-reactive ketones (excluding diaryl/α,β-unsaturated/α-hetero) is 1. The standard InChI is InChI=1S/C10H16N2O3/c1-4(2)7(11)8(13)6-5(3)9(14)12-10(6)15/h4-7H,11H2,1-3H3,(H,12,14,15)/t5-,6+,7-/m0/s1. The van der Waals surface area contributed by atoms with Crippen LogP contribution < -0.4 is 11.1 Å². The van der Waals surface area contributed by atoms with Crippen molar-refractivity contribution in [3.8, 4) is 0 Å². The second-order valence-corrected chi connectivity index (χ2v) is 4.29. The van der Waals surface area contributed by atoms with Gasteiger partial charge in [0.25, 0.3) is 0 Å². The van der Waals surface area contributed by atoms with E-state index in [0.29, 0.717) is 0 Å². The molecule has 0 saturated carbocycles. The summed E-state index contributed by atoms with van der Waals surface area (Å²) in [4.78, 5) is 34.3. The van der Waals surface area contributed by atoms with Crippen LogP contribution in [0.5, 0.6) is 0 Å². The Hall–Kier alpha value is -1.23. The minimum Gasteiger partial charge on any atom is -0.321 e. The molecular weight excluding hydrogens is 196 g/mol. The predicted octanol–water partition coefficient (Wildman–Crippen LogP) is -0.552. The quantitative estimate of drug-likeness (QED) is 0.485. The molecule has 1 aliphatic heterocycles. The van der Waals surface area contributed by atoms with E-state index in [1.807, 2.05) is 13.8 Å². The second-order valence-electron chi connectivity index (χ2n) is 4.29. The highest BCUT2D eigenvalue weighted by atomic mass is 16.2. The van der Waals surface area contributed by atoms with E-state index in [0.717, 1.165) is 0 Å². The summed E-state index contributed by atoms with van der Waals surface area (Å²) in [5, 5.41) is 2.14. The number of ketones is 1. The molecule has 15 heavy (non-hydrogen) atoms. The van der Waals surface area contributed by atoms with E-state index in [1.165, 1.54) is 0 Å². The summed E-state index contributed by atoms with van der Waals surface area (Å²) in [5.41, 5.74) is 5.67. The number of imide groups is 1. The summed E-state index contributed by atoms with van der Waals surface area (Å²) in [6.45, 7) is 5.18. The van der Waals surface area contributed by atoms with E-state index in [-0.39, 0.29) is 11.7 Å². The molecule has 1 heterocycles. The van der Waals surface area contributed by atoms with Gasteiger partial charge in [-0.3, -0.25) is 19.7 Å². The van der Waals surface area contributed by atoms with E-state index < -0.39 is 29.7 Å². The van der Waals surface area contributed by atoms with Crippen molar-refractivity contribution >= 4 is 17.6 Å². The van der Waals surface area contributed by atoms with Gasteiger partial charge in [0.15, 0.2) is 5.78 Å². The summed E-state index contributed by atoms with van der Waals surface area (Å²) in [6.07, 6.45) is 0. The van der Waals surface area contributed by atoms with E-state index in [2.05, 4.69) is 5.32 Å². The fraction of sp³-hybridized carbons (Fsp3) is 0.700. The maximum Gasteiger partial charge on any atom is 0.238 e. The van der Waals surface area contributed by atoms with Crippen LogP contribution in [-0.4, -0.2) is 23.6 Å². The van der Waals surface area contributed by atoms with Gasteiger partial charge in [0.1, 0.15) is 5.92 Å². The minimum absolute atomic E-state index is 0.0341. The third-order valence-electron chi connectivity index (χ3n) is 2.80. The first-order valence-electron chi connectivity index (χ1n) is 5.00. The molecule has 0 unspecified atom stereocenters. The molecule has 1 rings (SSSR count). The van der Waals surface area contributed by atoms with E-state index in [4.69, 9.17) is 5.73 Å². The number of carbonyl (C=O) groups is 3. The molecule has 3 N–H and O–H groups in total.